The molecule has 1 aliphatic heterocycles. The van der Waals surface area contributed by atoms with E-state index in [9.17, 15) is 9.59 Å². The molecule has 0 fully saturated rings. The van der Waals surface area contributed by atoms with Crippen LogP contribution in [0.4, 0.5) is 0 Å². The van der Waals surface area contributed by atoms with E-state index >= 15 is 0 Å². The predicted molar refractivity (Wildman–Crippen MR) is 126 cm³/mol. The highest BCUT2D eigenvalue weighted by molar-refractivity contribution is 6.13. The second-order valence-corrected chi connectivity index (χ2v) is 8.48. The maximum atomic E-state index is 10.8. The second-order valence-electron chi connectivity index (χ2n) is 8.48. The van der Waals surface area contributed by atoms with Crippen LogP contribution in [0.1, 0.15) is 53.1 Å². The fourth-order valence-electron chi connectivity index (χ4n) is 5.13. The first-order valence-corrected chi connectivity index (χ1v) is 11.0. The lowest BCUT2D eigenvalue weighted by Crippen LogP contribution is -2.40. The highest BCUT2D eigenvalue weighted by atomic mass is 16.1. The number of nitrogens with one attached hydrogen (secondary N) is 2. The Hall–Kier alpha value is -3.32. The first-order chi connectivity index (χ1) is 15.6. The Morgan fingerprint density at radius 2 is 1.50 bits per heavy atom. The zero-order valence-corrected chi connectivity index (χ0v) is 18.4. The molecule has 1 heterocycles. The van der Waals surface area contributed by atoms with Gasteiger partial charge in [-0.15, -0.1) is 0 Å². The average molecular weight is 432 g/mol. The van der Waals surface area contributed by atoms with Crippen molar-refractivity contribution in [3.63, 3.8) is 0 Å². The van der Waals surface area contributed by atoms with Crippen molar-refractivity contribution in [2.24, 2.45) is 15.9 Å². The van der Waals surface area contributed by atoms with Gasteiger partial charge in [0.2, 0.25) is 12.8 Å². The van der Waals surface area contributed by atoms with Crippen molar-refractivity contribution in [3.05, 3.63) is 69.8 Å². The minimum Gasteiger partial charge on any atom is -0.355 e. The SMILES string of the molecule is CC1=NN=C(C2(CCN)c3ccc(CNC=O)cc3CCc3cc(CNC=O)ccc32)C1. The van der Waals surface area contributed by atoms with Crippen LogP contribution < -0.4 is 16.4 Å². The molecule has 32 heavy (non-hydrogen) atoms. The Balaban J connectivity index is 1.90. The lowest BCUT2D eigenvalue weighted by atomic mass is 9.65. The van der Waals surface area contributed by atoms with Gasteiger partial charge < -0.3 is 16.4 Å². The molecule has 2 aromatic carbocycles. The summed E-state index contributed by atoms with van der Waals surface area (Å²) in [5.41, 5.74) is 14.9. The van der Waals surface area contributed by atoms with Gasteiger partial charge in [-0.1, -0.05) is 36.4 Å². The van der Waals surface area contributed by atoms with E-state index in [1.807, 2.05) is 6.92 Å². The van der Waals surface area contributed by atoms with Crippen LogP contribution in [-0.4, -0.2) is 30.8 Å². The number of nitrogens with two attached hydrogens (primary N) is 1. The summed E-state index contributed by atoms with van der Waals surface area (Å²) in [6.45, 7) is 3.52. The number of hydrogen-bond donors (Lipinski definition) is 3. The Morgan fingerprint density at radius 3 is 1.94 bits per heavy atom. The summed E-state index contributed by atoms with van der Waals surface area (Å²) in [6, 6.07) is 12.9. The maximum Gasteiger partial charge on any atom is 0.207 e. The second kappa shape index (κ2) is 9.44. The summed E-state index contributed by atoms with van der Waals surface area (Å²) in [7, 11) is 0. The van der Waals surface area contributed by atoms with Gasteiger partial charge in [0.1, 0.15) is 0 Å². The third kappa shape index (κ3) is 3.96. The molecule has 0 saturated carbocycles. The van der Waals surface area contributed by atoms with Crippen LogP contribution in [0.3, 0.4) is 0 Å². The summed E-state index contributed by atoms with van der Waals surface area (Å²) in [5, 5.41) is 14.5. The largest absolute Gasteiger partial charge is 0.355 e. The van der Waals surface area contributed by atoms with Gasteiger partial charge in [0.25, 0.3) is 0 Å². The van der Waals surface area contributed by atoms with E-state index in [2.05, 4.69) is 57.2 Å². The van der Waals surface area contributed by atoms with Gasteiger partial charge in [-0.2, -0.15) is 10.2 Å². The number of carbonyl (C=O) groups is 2. The highest BCUT2D eigenvalue weighted by Gasteiger charge is 2.44. The molecule has 4 rings (SSSR count). The van der Waals surface area contributed by atoms with Crippen molar-refractivity contribution in [1.82, 2.24) is 10.6 Å². The van der Waals surface area contributed by atoms with Crippen molar-refractivity contribution >= 4 is 24.2 Å². The number of fused-ring (bicyclic) bond motifs is 2. The molecular weight excluding hydrogens is 402 g/mol. The van der Waals surface area contributed by atoms with E-state index in [4.69, 9.17) is 5.73 Å². The number of aryl methyl sites for hydroxylation is 2. The van der Waals surface area contributed by atoms with Crippen LogP contribution in [0, 0.1) is 0 Å². The van der Waals surface area contributed by atoms with Crippen molar-refractivity contribution in [3.8, 4) is 0 Å². The molecule has 0 aromatic heterocycles. The molecule has 7 nitrogen and oxygen atoms in total. The van der Waals surface area contributed by atoms with E-state index < -0.39 is 5.41 Å². The van der Waals surface area contributed by atoms with Gasteiger partial charge in [-0.3, -0.25) is 9.59 Å². The first kappa shape index (κ1) is 21.9. The minimum absolute atomic E-state index is 0.454. The van der Waals surface area contributed by atoms with E-state index in [0.29, 0.717) is 19.6 Å². The quantitative estimate of drug-likeness (QED) is 0.529. The molecule has 0 bridgehead atoms. The number of benzene rings is 2. The van der Waals surface area contributed by atoms with Gasteiger partial charge in [-0.25, -0.2) is 0 Å². The van der Waals surface area contributed by atoms with Crippen molar-refractivity contribution in [2.75, 3.05) is 6.54 Å². The molecule has 0 radical (unpaired) electrons. The minimum atomic E-state index is -0.454. The standard InChI is InChI=1S/C25H29N5O2/c1-17-10-24(30-29-17)25(8-9-26)22-6-2-18(13-27-15-31)11-20(22)4-5-21-12-19(14-28-16-32)3-7-23(21)25/h2-3,6-7,11-12,15-16H,4-5,8-10,13-14,26H2,1H3,(H,27,31)(H,28,32). The molecule has 1 aliphatic carbocycles. The summed E-state index contributed by atoms with van der Waals surface area (Å²) in [6.07, 6.45) is 4.65. The third-order valence-corrected chi connectivity index (χ3v) is 6.48. The number of amides is 2. The molecule has 0 unspecified atom stereocenters. The molecular formula is C25H29N5O2. The average Bonchev–Trinajstić information content (AvgIpc) is 3.20. The summed E-state index contributed by atoms with van der Waals surface area (Å²) >= 11 is 0. The van der Waals surface area contributed by atoms with Crippen LogP contribution in [0.25, 0.3) is 0 Å². The Morgan fingerprint density at radius 1 is 0.938 bits per heavy atom. The summed E-state index contributed by atoms with van der Waals surface area (Å²) in [4.78, 5) is 21.6. The fourth-order valence-corrected chi connectivity index (χ4v) is 5.13. The molecule has 7 heteroatoms. The third-order valence-electron chi connectivity index (χ3n) is 6.48. The lowest BCUT2D eigenvalue weighted by Gasteiger charge is -2.37. The Labute approximate surface area is 188 Å². The van der Waals surface area contributed by atoms with Crippen molar-refractivity contribution in [1.29, 1.82) is 0 Å². The smallest absolute Gasteiger partial charge is 0.207 e. The number of nitrogens with zero attached hydrogens (tertiary/aromatic N) is 2. The van der Waals surface area contributed by atoms with Gasteiger partial charge >= 0.3 is 0 Å². The van der Waals surface area contributed by atoms with Gasteiger partial charge in [-0.05, 0) is 66.1 Å². The fraction of sp³-hybridized carbons (Fsp3) is 0.360. The molecule has 0 spiro atoms. The van der Waals surface area contributed by atoms with Crippen LogP contribution in [0.15, 0.2) is 46.6 Å². The zero-order chi connectivity index (χ0) is 22.6. The molecule has 2 aromatic rings. The van der Waals surface area contributed by atoms with Crippen molar-refractivity contribution < 1.29 is 9.59 Å². The number of rotatable bonds is 9. The number of hydrogen-bond acceptors (Lipinski definition) is 5. The predicted octanol–water partition coefficient (Wildman–Crippen LogP) is 2.13. The van der Waals surface area contributed by atoms with Gasteiger partial charge in [0.05, 0.1) is 11.1 Å². The van der Waals surface area contributed by atoms with E-state index in [-0.39, 0.29) is 0 Å². The van der Waals surface area contributed by atoms with Crippen LogP contribution in [0.5, 0.6) is 0 Å². The summed E-state index contributed by atoms with van der Waals surface area (Å²) in [5.74, 6) is 0. The highest BCUT2D eigenvalue weighted by Crippen LogP contribution is 2.45. The molecule has 4 N–H and O–H groups in total. The Bertz CT molecular complexity index is 1030. The topological polar surface area (TPSA) is 109 Å². The zero-order valence-electron chi connectivity index (χ0n) is 18.4. The molecule has 166 valence electrons. The lowest BCUT2D eigenvalue weighted by molar-refractivity contribution is -0.110. The van der Waals surface area contributed by atoms with Crippen LogP contribution in [-0.2, 0) is 40.9 Å². The van der Waals surface area contributed by atoms with Crippen molar-refractivity contribution in [2.45, 2.75) is 51.1 Å². The normalized spacial score (nSPS) is 16.2. The van der Waals surface area contributed by atoms with Crippen LogP contribution >= 0.6 is 0 Å². The molecule has 0 atom stereocenters. The van der Waals surface area contributed by atoms with E-state index in [0.717, 1.165) is 61.1 Å². The van der Waals surface area contributed by atoms with E-state index in [1.165, 1.54) is 22.3 Å². The molecule has 2 aliphatic rings. The Kier molecular flexibility index (Phi) is 6.46. The monoisotopic (exact) mass is 431 g/mol. The first-order valence-electron chi connectivity index (χ1n) is 11.0. The molecule has 2 amide bonds. The van der Waals surface area contributed by atoms with E-state index in [1.54, 1.807) is 0 Å². The molecule has 0 saturated heterocycles. The van der Waals surface area contributed by atoms with Gasteiger partial charge in [0, 0.05) is 25.2 Å². The van der Waals surface area contributed by atoms with Gasteiger partial charge in [0.15, 0.2) is 0 Å². The van der Waals surface area contributed by atoms with Crippen LogP contribution in [0.2, 0.25) is 0 Å². The number of carbonyl (C=O) groups excluding carboxylic acids is 2. The maximum absolute atomic E-state index is 10.8. The summed E-state index contributed by atoms with van der Waals surface area (Å²) < 4.78 is 0.